The van der Waals surface area contributed by atoms with Crippen LogP contribution in [-0.2, 0) is 10.0 Å². The normalized spacial score (nSPS) is 10.9. The van der Waals surface area contributed by atoms with E-state index in [4.69, 9.17) is 4.74 Å². The summed E-state index contributed by atoms with van der Waals surface area (Å²) in [4.78, 5) is 16.6. The zero-order chi connectivity index (χ0) is 20.1. The first-order valence-electron chi connectivity index (χ1n) is 8.40. The minimum Gasteiger partial charge on any atom is -0.495 e. The van der Waals surface area contributed by atoms with Gasteiger partial charge in [0.2, 0.25) is 0 Å². The van der Waals surface area contributed by atoms with Crippen molar-refractivity contribution in [1.29, 1.82) is 0 Å². The van der Waals surface area contributed by atoms with Gasteiger partial charge in [0.25, 0.3) is 15.9 Å². The number of ether oxygens (including phenoxy) is 1. The van der Waals surface area contributed by atoms with Crippen LogP contribution in [0.4, 0.5) is 11.5 Å². The Morgan fingerprint density at radius 1 is 0.964 bits per heavy atom. The largest absolute Gasteiger partial charge is 0.495 e. The Bertz CT molecular complexity index is 1100. The molecule has 3 rings (SSSR count). The Balaban J connectivity index is 1.76. The maximum absolute atomic E-state index is 12.6. The number of sulfonamides is 1. The standard InChI is InChI=1S/C20H19N3O4S/c1-14-6-5-9-19(21-14)22-20(24)15-10-12-16(13-11-15)28(25,26)23-17-7-3-4-8-18(17)27-2/h3-13,23H,1-2H3,(H,21,22,24). The molecule has 3 aromatic rings. The van der Waals surface area contributed by atoms with E-state index >= 15 is 0 Å². The molecular formula is C20H19N3O4S. The minimum atomic E-state index is -3.83. The number of rotatable bonds is 6. The molecule has 0 radical (unpaired) electrons. The number of pyridine rings is 1. The van der Waals surface area contributed by atoms with E-state index in [1.54, 1.807) is 36.4 Å². The topological polar surface area (TPSA) is 97.4 Å². The van der Waals surface area contributed by atoms with E-state index < -0.39 is 10.0 Å². The molecule has 1 amide bonds. The van der Waals surface area contributed by atoms with Gasteiger partial charge in [0.1, 0.15) is 11.6 Å². The molecule has 0 aliphatic rings. The van der Waals surface area contributed by atoms with Crippen LogP contribution in [0.15, 0.2) is 71.6 Å². The van der Waals surface area contributed by atoms with Crippen LogP contribution in [0.25, 0.3) is 0 Å². The fraction of sp³-hybridized carbons (Fsp3) is 0.100. The number of hydrogen-bond donors (Lipinski definition) is 2. The van der Waals surface area contributed by atoms with Crippen LogP contribution in [-0.4, -0.2) is 26.4 Å². The molecule has 0 atom stereocenters. The molecule has 2 aromatic carbocycles. The number of aryl methyl sites for hydroxylation is 1. The summed E-state index contributed by atoms with van der Waals surface area (Å²) in [6.07, 6.45) is 0. The number of anilines is 2. The smallest absolute Gasteiger partial charge is 0.262 e. The molecule has 1 aromatic heterocycles. The van der Waals surface area contributed by atoms with Crippen molar-refractivity contribution in [2.24, 2.45) is 0 Å². The van der Waals surface area contributed by atoms with E-state index in [0.29, 0.717) is 22.8 Å². The second kappa shape index (κ2) is 8.10. The quantitative estimate of drug-likeness (QED) is 0.664. The highest BCUT2D eigenvalue weighted by Gasteiger charge is 2.17. The van der Waals surface area contributed by atoms with Gasteiger partial charge >= 0.3 is 0 Å². The number of methoxy groups -OCH3 is 1. The lowest BCUT2D eigenvalue weighted by molar-refractivity contribution is 0.102. The number of carbonyl (C=O) groups is 1. The van der Waals surface area contributed by atoms with Crippen LogP contribution in [0.1, 0.15) is 16.1 Å². The number of aromatic nitrogens is 1. The van der Waals surface area contributed by atoms with Crippen LogP contribution in [0.2, 0.25) is 0 Å². The molecule has 2 N–H and O–H groups in total. The first-order chi connectivity index (χ1) is 13.4. The number of carbonyl (C=O) groups excluding carboxylic acids is 1. The molecule has 0 aliphatic carbocycles. The van der Waals surface area contributed by atoms with Crippen molar-refractivity contribution in [3.8, 4) is 5.75 Å². The van der Waals surface area contributed by atoms with Crippen molar-refractivity contribution in [3.05, 3.63) is 78.0 Å². The summed E-state index contributed by atoms with van der Waals surface area (Å²) in [5.41, 5.74) is 1.43. The molecule has 1 heterocycles. The van der Waals surface area contributed by atoms with E-state index in [-0.39, 0.29) is 10.8 Å². The van der Waals surface area contributed by atoms with E-state index in [1.807, 2.05) is 13.0 Å². The molecule has 8 heteroatoms. The summed E-state index contributed by atoms with van der Waals surface area (Å²) in [7, 11) is -2.37. The summed E-state index contributed by atoms with van der Waals surface area (Å²) >= 11 is 0. The predicted octanol–water partition coefficient (Wildman–Crippen LogP) is 3.45. The SMILES string of the molecule is COc1ccccc1NS(=O)(=O)c1ccc(C(=O)Nc2cccc(C)n2)cc1. The Morgan fingerprint density at radius 3 is 2.36 bits per heavy atom. The zero-order valence-electron chi connectivity index (χ0n) is 15.3. The summed E-state index contributed by atoms with van der Waals surface area (Å²) in [5, 5.41) is 2.68. The van der Waals surface area contributed by atoms with Crippen molar-refractivity contribution < 1.29 is 17.9 Å². The first kappa shape index (κ1) is 19.4. The van der Waals surface area contributed by atoms with Crippen LogP contribution < -0.4 is 14.8 Å². The molecule has 28 heavy (non-hydrogen) atoms. The van der Waals surface area contributed by atoms with Gasteiger partial charge in [-0.3, -0.25) is 9.52 Å². The lowest BCUT2D eigenvalue weighted by atomic mass is 10.2. The van der Waals surface area contributed by atoms with Gasteiger partial charge in [0, 0.05) is 11.3 Å². The molecule has 0 fully saturated rings. The number of hydrogen-bond acceptors (Lipinski definition) is 5. The highest BCUT2D eigenvalue weighted by molar-refractivity contribution is 7.92. The van der Waals surface area contributed by atoms with Crippen LogP contribution in [0.3, 0.4) is 0 Å². The van der Waals surface area contributed by atoms with Gasteiger partial charge in [0.15, 0.2) is 0 Å². The Morgan fingerprint density at radius 2 is 1.68 bits per heavy atom. The third-order valence-corrected chi connectivity index (χ3v) is 5.29. The van der Waals surface area contributed by atoms with Crippen LogP contribution in [0, 0.1) is 6.92 Å². The Kier molecular flexibility index (Phi) is 5.60. The fourth-order valence-electron chi connectivity index (χ4n) is 2.52. The second-order valence-corrected chi connectivity index (χ2v) is 7.63. The van der Waals surface area contributed by atoms with Crippen LogP contribution >= 0.6 is 0 Å². The van der Waals surface area contributed by atoms with Gasteiger partial charge in [0.05, 0.1) is 17.7 Å². The second-order valence-electron chi connectivity index (χ2n) is 5.95. The Hall–Kier alpha value is -3.39. The third kappa shape index (κ3) is 4.47. The highest BCUT2D eigenvalue weighted by atomic mass is 32.2. The predicted molar refractivity (Wildman–Crippen MR) is 107 cm³/mol. The number of benzene rings is 2. The summed E-state index contributed by atoms with van der Waals surface area (Å²) in [6.45, 7) is 1.82. The maximum Gasteiger partial charge on any atom is 0.262 e. The molecule has 7 nitrogen and oxygen atoms in total. The van der Waals surface area contributed by atoms with Crippen LogP contribution in [0.5, 0.6) is 5.75 Å². The summed E-state index contributed by atoms with van der Waals surface area (Å²) in [5.74, 6) is 0.465. The fourth-order valence-corrected chi connectivity index (χ4v) is 3.59. The third-order valence-electron chi connectivity index (χ3n) is 3.91. The van der Waals surface area contributed by atoms with E-state index in [0.717, 1.165) is 5.69 Å². The number of nitrogens with one attached hydrogen (secondary N) is 2. The van der Waals surface area contributed by atoms with Gasteiger partial charge in [-0.2, -0.15) is 0 Å². The van der Waals surface area contributed by atoms with Gasteiger partial charge in [-0.05, 0) is 55.5 Å². The molecule has 144 valence electrons. The zero-order valence-corrected chi connectivity index (χ0v) is 16.2. The average molecular weight is 397 g/mol. The van der Waals surface area contributed by atoms with E-state index in [1.165, 1.54) is 31.4 Å². The molecular weight excluding hydrogens is 378 g/mol. The van der Waals surface area contributed by atoms with Crippen molar-refractivity contribution in [1.82, 2.24) is 4.98 Å². The first-order valence-corrected chi connectivity index (χ1v) is 9.88. The summed E-state index contributed by atoms with van der Waals surface area (Å²) < 4.78 is 32.8. The molecule has 0 aliphatic heterocycles. The number of amides is 1. The molecule has 0 saturated carbocycles. The molecule has 0 unspecified atom stereocenters. The van der Waals surface area contributed by atoms with Crippen molar-refractivity contribution in [3.63, 3.8) is 0 Å². The monoisotopic (exact) mass is 397 g/mol. The molecule has 0 saturated heterocycles. The lowest BCUT2D eigenvalue weighted by Crippen LogP contribution is -2.15. The van der Waals surface area contributed by atoms with E-state index in [2.05, 4.69) is 15.0 Å². The van der Waals surface area contributed by atoms with E-state index in [9.17, 15) is 13.2 Å². The minimum absolute atomic E-state index is 0.0311. The average Bonchev–Trinajstić information content (AvgIpc) is 2.68. The van der Waals surface area contributed by atoms with Gasteiger partial charge < -0.3 is 10.1 Å². The highest BCUT2D eigenvalue weighted by Crippen LogP contribution is 2.26. The molecule has 0 spiro atoms. The summed E-state index contributed by atoms with van der Waals surface area (Å²) in [6, 6.07) is 17.6. The van der Waals surface area contributed by atoms with Gasteiger partial charge in [-0.15, -0.1) is 0 Å². The lowest BCUT2D eigenvalue weighted by Gasteiger charge is -2.12. The van der Waals surface area contributed by atoms with Gasteiger partial charge in [-0.25, -0.2) is 13.4 Å². The van der Waals surface area contributed by atoms with Crippen molar-refractivity contribution >= 4 is 27.4 Å². The van der Waals surface area contributed by atoms with Gasteiger partial charge in [-0.1, -0.05) is 18.2 Å². The Labute approximate surface area is 163 Å². The maximum atomic E-state index is 12.6. The van der Waals surface area contributed by atoms with Crippen molar-refractivity contribution in [2.75, 3.05) is 17.1 Å². The number of para-hydroxylation sites is 2. The van der Waals surface area contributed by atoms with Crippen molar-refractivity contribution in [2.45, 2.75) is 11.8 Å². The molecule has 0 bridgehead atoms. The number of nitrogens with zero attached hydrogens (tertiary/aromatic N) is 1.